The van der Waals surface area contributed by atoms with E-state index in [2.05, 4.69) is 10.3 Å². The van der Waals surface area contributed by atoms with Crippen LogP contribution in [-0.2, 0) is 20.8 Å². The van der Waals surface area contributed by atoms with Crippen molar-refractivity contribution in [2.24, 2.45) is 5.92 Å². The Balaban J connectivity index is 1.69. The molecule has 2 heterocycles. The number of hydrogen-bond donors (Lipinski definition) is 1. The molecular weight excluding hydrogens is 455 g/mol. The number of sulfone groups is 1. The van der Waals surface area contributed by atoms with E-state index in [4.69, 9.17) is 0 Å². The number of nitrogens with one attached hydrogen (secondary N) is 1. The highest BCUT2D eigenvalue weighted by molar-refractivity contribution is 7.91. The number of anilines is 1. The zero-order valence-electron chi connectivity index (χ0n) is 16.1. The Morgan fingerprint density at radius 1 is 1.16 bits per heavy atom. The molecule has 1 saturated heterocycles. The molecule has 1 aromatic heterocycles. The lowest BCUT2D eigenvalue weighted by Gasteiger charge is -2.27. The van der Waals surface area contributed by atoms with Crippen molar-refractivity contribution in [1.29, 1.82) is 0 Å². The Kier molecular flexibility index (Phi) is 5.54. The molecule has 1 N–H and O–H groups in total. The van der Waals surface area contributed by atoms with E-state index in [0.29, 0.717) is 17.0 Å². The van der Waals surface area contributed by atoms with Gasteiger partial charge in [-0.05, 0) is 31.0 Å². The number of halogens is 3. The van der Waals surface area contributed by atoms with Gasteiger partial charge in [0.1, 0.15) is 0 Å². The van der Waals surface area contributed by atoms with Crippen molar-refractivity contribution in [2.75, 3.05) is 29.9 Å². The van der Waals surface area contributed by atoms with Gasteiger partial charge in [-0.15, -0.1) is 11.3 Å². The van der Waals surface area contributed by atoms with Gasteiger partial charge in [-0.1, -0.05) is 0 Å². The van der Waals surface area contributed by atoms with Gasteiger partial charge in [-0.25, -0.2) is 13.4 Å². The smallest absolute Gasteiger partial charge is 0.337 e. The molecule has 2 amide bonds. The summed E-state index contributed by atoms with van der Waals surface area (Å²) in [4.78, 5) is 30.1. The number of nitrogens with zero attached hydrogens (tertiary/aromatic N) is 2. The van der Waals surface area contributed by atoms with E-state index in [0.717, 1.165) is 19.0 Å². The van der Waals surface area contributed by atoms with Crippen LogP contribution in [0, 0.1) is 5.92 Å². The zero-order valence-corrected chi connectivity index (χ0v) is 17.7. The van der Waals surface area contributed by atoms with Crippen LogP contribution in [0.4, 0.5) is 18.9 Å². The van der Waals surface area contributed by atoms with E-state index in [-0.39, 0.29) is 52.4 Å². The maximum Gasteiger partial charge on any atom is 0.443 e. The Labute approximate surface area is 180 Å². The van der Waals surface area contributed by atoms with Gasteiger partial charge in [-0.3, -0.25) is 9.59 Å². The molecule has 0 radical (unpaired) electrons. The highest BCUT2D eigenvalue weighted by atomic mass is 32.2. The first-order valence-corrected chi connectivity index (χ1v) is 12.2. The molecular formula is C19H18F3N3O4S2. The van der Waals surface area contributed by atoms with Crippen LogP contribution in [0.5, 0.6) is 0 Å². The minimum Gasteiger partial charge on any atom is -0.337 e. The van der Waals surface area contributed by atoms with Gasteiger partial charge in [0.25, 0.3) is 5.91 Å². The lowest BCUT2D eigenvalue weighted by molar-refractivity contribution is -0.137. The molecule has 0 atom stereocenters. The average Bonchev–Trinajstić information content (AvgIpc) is 3.43. The van der Waals surface area contributed by atoms with Crippen molar-refractivity contribution in [2.45, 2.75) is 19.0 Å². The first-order valence-electron chi connectivity index (χ1n) is 9.51. The molecule has 0 spiro atoms. The molecule has 166 valence electrons. The molecule has 1 aliphatic heterocycles. The van der Waals surface area contributed by atoms with Gasteiger partial charge in [-0.2, -0.15) is 13.2 Å². The first-order chi connectivity index (χ1) is 14.5. The number of benzene rings is 1. The molecule has 4 rings (SSSR count). The van der Waals surface area contributed by atoms with E-state index in [1.165, 1.54) is 23.1 Å². The van der Waals surface area contributed by atoms with Crippen molar-refractivity contribution in [3.05, 3.63) is 35.0 Å². The van der Waals surface area contributed by atoms with Crippen molar-refractivity contribution in [3.8, 4) is 10.4 Å². The third-order valence-electron chi connectivity index (χ3n) is 5.11. The predicted molar refractivity (Wildman–Crippen MR) is 108 cm³/mol. The first kappa shape index (κ1) is 21.8. The second kappa shape index (κ2) is 7.90. The lowest BCUT2D eigenvalue weighted by atomic mass is 10.0. The summed E-state index contributed by atoms with van der Waals surface area (Å²) in [6, 6.07) is 4.42. The van der Waals surface area contributed by atoms with E-state index in [1.807, 2.05) is 0 Å². The number of amides is 2. The summed E-state index contributed by atoms with van der Waals surface area (Å²) < 4.78 is 62.4. The third kappa shape index (κ3) is 4.90. The van der Waals surface area contributed by atoms with E-state index < -0.39 is 26.9 Å². The van der Waals surface area contributed by atoms with Gasteiger partial charge in [0, 0.05) is 42.0 Å². The molecule has 2 fully saturated rings. The maximum absolute atomic E-state index is 13.1. The Bertz CT molecular complexity index is 1130. The van der Waals surface area contributed by atoms with E-state index >= 15 is 0 Å². The molecule has 1 aromatic carbocycles. The quantitative estimate of drug-likeness (QED) is 0.736. The van der Waals surface area contributed by atoms with Gasteiger partial charge in [0.2, 0.25) is 5.91 Å². The zero-order chi connectivity index (χ0) is 22.4. The molecule has 12 heteroatoms. The number of hydrogen-bond acceptors (Lipinski definition) is 6. The van der Waals surface area contributed by atoms with Crippen LogP contribution in [0.3, 0.4) is 0 Å². The molecule has 2 aliphatic rings. The topological polar surface area (TPSA) is 96.4 Å². The van der Waals surface area contributed by atoms with Crippen LogP contribution in [-0.4, -0.2) is 54.7 Å². The van der Waals surface area contributed by atoms with Crippen LogP contribution < -0.4 is 5.32 Å². The predicted octanol–water partition coefficient (Wildman–Crippen LogP) is 3.05. The van der Waals surface area contributed by atoms with Gasteiger partial charge in [0.05, 0.1) is 16.4 Å². The maximum atomic E-state index is 13.1. The van der Waals surface area contributed by atoms with Crippen LogP contribution in [0.25, 0.3) is 10.4 Å². The number of alkyl halides is 3. The van der Waals surface area contributed by atoms with E-state index in [9.17, 15) is 31.2 Å². The van der Waals surface area contributed by atoms with Crippen LogP contribution in [0.1, 0.15) is 28.2 Å². The number of aromatic nitrogens is 1. The lowest BCUT2D eigenvalue weighted by Crippen LogP contribution is -2.43. The highest BCUT2D eigenvalue weighted by Gasteiger charge is 2.35. The van der Waals surface area contributed by atoms with Crippen LogP contribution in [0.2, 0.25) is 0 Å². The van der Waals surface area contributed by atoms with Crippen LogP contribution >= 0.6 is 11.3 Å². The monoisotopic (exact) mass is 473 g/mol. The summed E-state index contributed by atoms with van der Waals surface area (Å²) in [5.41, 5.74) is 0.702. The number of carbonyl (C=O) groups is 2. The Morgan fingerprint density at radius 3 is 2.42 bits per heavy atom. The standard InChI is InChI=1S/C19H18F3N3O4S2/c20-19(21,22)18-23-10-15(30-18)14-9-12(24-16(26)11-1-2-11)3-4-13(14)17(27)25-5-7-31(28,29)8-6-25/h3-4,9-11H,1-2,5-8H2,(H,24,26). The van der Waals surface area contributed by atoms with Gasteiger partial charge < -0.3 is 10.2 Å². The third-order valence-corrected chi connectivity index (χ3v) is 7.80. The second-order valence-corrected chi connectivity index (χ2v) is 10.8. The number of thiazole rings is 1. The largest absolute Gasteiger partial charge is 0.443 e. The van der Waals surface area contributed by atoms with Gasteiger partial charge >= 0.3 is 6.18 Å². The summed E-state index contributed by atoms with van der Waals surface area (Å²) in [7, 11) is -3.20. The molecule has 1 aliphatic carbocycles. The fourth-order valence-corrected chi connectivity index (χ4v) is 5.23. The second-order valence-electron chi connectivity index (χ2n) is 7.50. The highest BCUT2D eigenvalue weighted by Crippen LogP contribution is 2.39. The Hall–Kier alpha value is -2.47. The summed E-state index contributed by atoms with van der Waals surface area (Å²) in [6.07, 6.45) is -1.99. The molecule has 2 aromatic rings. The Morgan fingerprint density at radius 2 is 1.84 bits per heavy atom. The molecule has 1 saturated carbocycles. The average molecular weight is 473 g/mol. The fourth-order valence-electron chi connectivity index (χ4n) is 3.22. The van der Waals surface area contributed by atoms with Crippen LogP contribution in [0.15, 0.2) is 24.4 Å². The van der Waals surface area contributed by atoms with Crippen molar-refractivity contribution in [1.82, 2.24) is 9.88 Å². The molecule has 7 nitrogen and oxygen atoms in total. The number of carbonyl (C=O) groups excluding carboxylic acids is 2. The van der Waals surface area contributed by atoms with Gasteiger partial charge in [0.15, 0.2) is 14.8 Å². The normalized spacial score (nSPS) is 18.6. The summed E-state index contributed by atoms with van der Waals surface area (Å²) in [6.45, 7) is 0.0224. The van der Waals surface area contributed by atoms with Crippen molar-refractivity contribution >= 4 is 38.7 Å². The minimum atomic E-state index is -4.62. The van der Waals surface area contributed by atoms with Crippen molar-refractivity contribution in [3.63, 3.8) is 0 Å². The summed E-state index contributed by atoms with van der Waals surface area (Å²) in [5, 5.41) is 1.68. The van der Waals surface area contributed by atoms with Crippen molar-refractivity contribution < 1.29 is 31.2 Å². The molecule has 0 unspecified atom stereocenters. The van der Waals surface area contributed by atoms with E-state index in [1.54, 1.807) is 0 Å². The fraction of sp³-hybridized carbons (Fsp3) is 0.421. The number of rotatable bonds is 4. The minimum absolute atomic E-state index is 0.0112. The summed E-state index contributed by atoms with van der Waals surface area (Å²) >= 11 is 0.402. The summed E-state index contributed by atoms with van der Waals surface area (Å²) in [5.74, 6) is -1.05. The SMILES string of the molecule is O=C(Nc1ccc(C(=O)N2CCS(=O)(=O)CC2)c(-c2cnc(C(F)(F)F)s2)c1)C1CC1. The molecule has 31 heavy (non-hydrogen) atoms. The molecule has 0 bridgehead atoms.